The summed E-state index contributed by atoms with van der Waals surface area (Å²) < 4.78 is 11.8. The molecule has 15 aromatic carbocycles. The van der Waals surface area contributed by atoms with Gasteiger partial charge in [0.25, 0.3) is 0 Å². The van der Waals surface area contributed by atoms with Crippen LogP contribution in [0.25, 0.3) is 193 Å². The van der Waals surface area contributed by atoms with E-state index in [9.17, 15) is 0 Å². The lowest BCUT2D eigenvalue weighted by atomic mass is 9.98. The number of hydrogen-bond acceptors (Lipinski definition) is 2. The molecular formula is C92H57N7. The molecule has 7 heteroatoms. The zero-order valence-electron chi connectivity index (χ0n) is 53.5. The minimum absolute atomic E-state index is 0.619. The minimum atomic E-state index is 0.619. The number of hydrogen-bond donors (Lipinski definition) is 0. The van der Waals surface area contributed by atoms with Gasteiger partial charge in [0.05, 0.1) is 66.4 Å². The normalized spacial score (nSPS) is 12.0. The number of rotatable bonds is 9. The molecule has 6 heterocycles. The molecule has 0 saturated carbocycles. The van der Waals surface area contributed by atoms with Crippen LogP contribution >= 0.6 is 0 Å². The fourth-order valence-electron chi connectivity index (χ4n) is 16.2. The van der Waals surface area contributed by atoms with Crippen LogP contribution in [0.5, 0.6) is 0 Å². The number of nitrogens with zero attached hydrogens (tertiary/aromatic N) is 7. The molecule has 6 aromatic heterocycles. The van der Waals surface area contributed by atoms with Gasteiger partial charge in [-0.25, -0.2) is 9.97 Å². The van der Waals surface area contributed by atoms with Crippen LogP contribution in [0.3, 0.4) is 0 Å². The Labute approximate surface area is 568 Å². The standard InChI is InChI=1S/C92H57N7/c1-4-20-65(21-5-1)95-81-32-16-12-27-70(81)75-52-59(39-47-85(75)95)61-41-50-88-78(55-61)79-56-62(60-40-48-86-76(53-60)71-28-13-17-33-82(71)96(86)66-22-6-2-7-23-66)42-51-89(79)98(88)68-44-36-58(37-45-68)91-74-30-10-15-31-80(74)93-92(94-91)99-84-35-19-11-26-69(84)73-46-38-64(57-90(73)99)63-43-49-87-77(54-63)72-29-14-18-34-83(72)97(87)67-24-8-3-9-25-67/h1-57H. The molecule has 0 unspecified atom stereocenters. The second-order valence-electron chi connectivity index (χ2n) is 26.1. The van der Waals surface area contributed by atoms with Gasteiger partial charge in [-0.05, 0) is 179 Å². The van der Waals surface area contributed by atoms with Crippen molar-refractivity contribution < 1.29 is 0 Å². The minimum Gasteiger partial charge on any atom is -0.309 e. The lowest BCUT2D eigenvalue weighted by Gasteiger charge is -2.13. The van der Waals surface area contributed by atoms with Crippen LogP contribution in [0.1, 0.15) is 0 Å². The molecule has 0 aliphatic rings. The fraction of sp³-hybridized carbons (Fsp3) is 0. The predicted molar refractivity (Wildman–Crippen MR) is 413 cm³/mol. The predicted octanol–water partition coefficient (Wildman–Crippen LogP) is 23.8. The SMILES string of the molecule is c1ccc(-n2c3ccccc3c3cc(-c4ccc5c(c4)c4cc(-c6ccc7c(c6)c6ccccc6n7-c6ccccc6)ccc4n5-c4ccc(-c5nc(-n6c7ccccc7c7ccc(-c8ccc9c(c8)c8ccccc8n9-c8ccccc8)cc76)nc6ccccc56)cc4)ccc32)cc1. The molecule has 0 spiro atoms. The van der Waals surface area contributed by atoms with Crippen molar-refractivity contribution in [2.45, 2.75) is 0 Å². The third kappa shape index (κ3) is 8.44. The van der Waals surface area contributed by atoms with E-state index in [2.05, 4.69) is 369 Å². The van der Waals surface area contributed by atoms with Gasteiger partial charge in [0.15, 0.2) is 0 Å². The van der Waals surface area contributed by atoms with Crippen LogP contribution in [0.15, 0.2) is 346 Å². The molecule has 0 N–H and O–H groups in total. The number of benzene rings is 15. The number of fused-ring (bicyclic) bond motifs is 16. The van der Waals surface area contributed by atoms with E-state index in [4.69, 9.17) is 9.97 Å². The quantitative estimate of drug-likeness (QED) is 0.145. The van der Waals surface area contributed by atoms with Gasteiger partial charge in [-0.15, -0.1) is 0 Å². The Morgan fingerprint density at radius 3 is 0.838 bits per heavy atom. The molecule has 99 heavy (non-hydrogen) atoms. The third-order valence-electron chi connectivity index (χ3n) is 20.7. The Bertz CT molecular complexity index is 6670. The van der Waals surface area contributed by atoms with Crippen LogP contribution in [0.2, 0.25) is 0 Å². The van der Waals surface area contributed by atoms with Gasteiger partial charge in [0, 0.05) is 87.6 Å². The summed E-state index contributed by atoms with van der Waals surface area (Å²) in [6.07, 6.45) is 0. The maximum absolute atomic E-state index is 5.64. The van der Waals surface area contributed by atoms with E-state index in [-0.39, 0.29) is 0 Å². The first-order valence-corrected chi connectivity index (χ1v) is 33.9. The summed E-state index contributed by atoms with van der Waals surface area (Å²) in [5.74, 6) is 0.619. The second-order valence-corrected chi connectivity index (χ2v) is 26.1. The molecule has 7 nitrogen and oxygen atoms in total. The molecule has 0 fully saturated rings. The summed E-state index contributed by atoms with van der Waals surface area (Å²) in [5.41, 5.74) is 25.6. The highest BCUT2D eigenvalue weighted by molar-refractivity contribution is 6.16. The average molecular weight is 1260 g/mol. The molecule has 21 rings (SSSR count). The first kappa shape index (κ1) is 55.0. The molecule has 0 saturated heterocycles. The highest BCUT2D eigenvalue weighted by Gasteiger charge is 2.23. The Morgan fingerprint density at radius 1 is 0.162 bits per heavy atom. The molecule has 0 aliphatic carbocycles. The molecule has 0 radical (unpaired) electrons. The van der Waals surface area contributed by atoms with Crippen molar-refractivity contribution in [3.8, 4) is 73.3 Å². The van der Waals surface area contributed by atoms with Crippen LogP contribution < -0.4 is 0 Å². The van der Waals surface area contributed by atoms with E-state index in [0.29, 0.717) is 5.95 Å². The van der Waals surface area contributed by atoms with E-state index in [0.717, 1.165) is 100 Å². The van der Waals surface area contributed by atoms with Gasteiger partial charge in [-0.2, -0.15) is 0 Å². The van der Waals surface area contributed by atoms with Crippen molar-refractivity contribution in [2.75, 3.05) is 0 Å². The summed E-state index contributed by atoms with van der Waals surface area (Å²) in [6.45, 7) is 0. The lowest BCUT2D eigenvalue weighted by Crippen LogP contribution is -2.03. The maximum Gasteiger partial charge on any atom is 0.235 e. The second kappa shape index (κ2) is 21.6. The Morgan fingerprint density at radius 2 is 0.434 bits per heavy atom. The van der Waals surface area contributed by atoms with Gasteiger partial charge in [0.2, 0.25) is 5.95 Å². The van der Waals surface area contributed by atoms with Crippen molar-refractivity contribution in [2.24, 2.45) is 0 Å². The molecule has 0 aliphatic heterocycles. The van der Waals surface area contributed by atoms with Crippen LogP contribution in [0.4, 0.5) is 0 Å². The van der Waals surface area contributed by atoms with Crippen molar-refractivity contribution in [1.29, 1.82) is 0 Å². The Hall–Kier alpha value is -13.4. The van der Waals surface area contributed by atoms with Gasteiger partial charge in [-0.3, -0.25) is 4.57 Å². The first-order valence-electron chi connectivity index (χ1n) is 33.9. The van der Waals surface area contributed by atoms with E-state index < -0.39 is 0 Å². The van der Waals surface area contributed by atoms with Crippen LogP contribution in [0, 0.1) is 0 Å². The summed E-state index contributed by atoms with van der Waals surface area (Å²) in [7, 11) is 0. The van der Waals surface area contributed by atoms with Crippen LogP contribution in [-0.2, 0) is 0 Å². The first-order chi connectivity index (χ1) is 49.1. The molecule has 460 valence electrons. The number of aromatic nitrogens is 7. The molecule has 0 bridgehead atoms. The Kier molecular flexibility index (Phi) is 12.0. The average Bonchev–Trinajstić information content (AvgIpc) is 1.60. The molecule has 21 aromatic rings. The van der Waals surface area contributed by atoms with E-state index in [1.54, 1.807) is 0 Å². The van der Waals surface area contributed by atoms with Gasteiger partial charge >= 0.3 is 0 Å². The summed E-state index contributed by atoms with van der Waals surface area (Å²) in [5, 5.41) is 13.0. The number of para-hydroxylation sites is 8. The smallest absolute Gasteiger partial charge is 0.235 e. The highest BCUT2D eigenvalue weighted by atomic mass is 15.2. The maximum atomic E-state index is 5.64. The zero-order chi connectivity index (χ0) is 64.8. The monoisotopic (exact) mass is 1260 g/mol. The third-order valence-corrected chi connectivity index (χ3v) is 20.7. The van der Waals surface area contributed by atoms with E-state index in [1.807, 2.05) is 0 Å². The van der Waals surface area contributed by atoms with Gasteiger partial charge < -0.3 is 18.3 Å². The van der Waals surface area contributed by atoms with Crippen molar-refractivity contribution >= 4 is 120 Å². The molecule has 0 atom stereocenters. The van der Waals surface area contributed by atoms with Crippen LogP contribution in [-0.4, -0.2) is 32.8 Å². The summed E-state index contributed by atoms with van der Waals surface area (Å²) in [6, 6.07) is 126. The van der Waals surface area contributed by atoms with Crippen molar-refractivity contribution in [3.63, 3.8) is 0 Å². The van der Waals surface area contributed by atoms with Gasteiger partial charge in [-0.1, -0.05) is 200 Å². The van der Waals surface area contributed by atoms with Crippen molar-refractivity contribution in [3.05, 3.63) is 346 Å². The van der Waals surface area contributed by atoms with Gasteiger partial charge in [0.1, 0.15) is 0 Å². The van der Waals surface area contributed by atoms with E-state index >= 15 is 0 Å². The largest absolute Gasteiger partial charge is 0.309 e. The summed E-state index contributed by atoms with van der Waals surface area (Å²) >= 11 is 0. The van der Waals surface area contributed by atoms with E-state index in [1.165, 1.54) is 87.3 Å². The van der Waals surface area contributed by atoms with Crippen molar-refractivity contribution in [1.82, 2.24) is 32.8 Å². The fourth-order valence-corrected chi connectivity index (χ4v) is 16.2. The zero-order valence-corrected chi connectivity index (χ0v) is 53.5. The summed E-state index contributed by atoms with van der Waals surface area (Å²) in [4.78, 5) is 11.1. The topological polar surface area (TPSA) is 50.4 Å². The molecule has 0 amide bonds. The highest BCUT2D eigenvalue weighted by Crippen LogP contribution is 2.44. The Balaban J connectivity index is 0.707. The molecular weight excluding hydrogens is 1200 g/mol. The lowest BCUT2D eigenvalue weighted by molar-refractivity contribution is 1.01.